The van der Waals surface area contributed by atoms with Crippen molar-refractivity contribution in [2.75, 3.05) is 10.6 Å². The van der Waals surface area contributed by atoms with Crippen LogP contribution in [0.25, 0.3) is 0 Å². The van der Waals surface area contributed by atoms with Gasteiger partial charge in [-0.25, -0.2) is 9.78 Å². The first-order valence-corrected chi connectivity index (χ1v) is 9.23. The zero-order chi connectivity index (χ0) is 18.5. The second kappa shape index (κ2) is 8.17. The number of nitrogens with one attached hydrogen (secondary N) is 2. The molecule has 3 aromatic rings. The van der Waals surface area contributed by atoms with Gasteiger partial charge in [-0.3, -0.25) is 10.1 Å². The number of benzene rings is 2. The molecule has 10 heteroatoms. The largest absolute Gasteiger partial charge is 0.344 e. The number of rotatable bonds is 5. The molecule has 2 amide bonds. The average molecular weight is 407 g/mol. The molecular weight excluding hydrogens is 396 g/mol. The Hall–Kier alpha value is -2.62. The molecule has 0 unspecified atom stereocenters. The molecule has 2 aromatic carbocycles. The van der Waals surface area contributed by atoms with Gasteiger partial charge in [0.25, 0.3) is 0 Å². The molecule has 2 N–H and O–H groups in total. The van der Waals surface area contributed by atoms with Crippen molar-refractivity contribution in [3.8, 4) is 0 Å². The van der Waals surface area contributed by atoms with Crippen LogP contribution in [0.1, 0.15) is 0 Å². The molecular formula is C16H11ClN4O3S2. The number of para-hydroxylation sites is 1. The van der Waals surface area contributed by atoms with E-state index in [0.717, 1.165) is 16.2 Å². The number of halogens is 1. The van der Waals surface area contributed by atoms with Gasteiger partial charge in [0.1, 0.15) is 6.20 Å². The van der Waals surface area contributed by atoms with Gasteiger partial charge in [-0.15, -0.1) is 0 Å². The summed E-state index contributed by atoms with van der Waals surface area (Å²) in [6.45, 7) is 0. The van der Waals surface area contributed by atoms with Gasteiger partial charge in [0, 0.05) is 15.6 Å². The van der Waals surface area contributed by atoms with Crippen LogP contribution >= 0.6 is 34.7 Å². The number of thiazole rings is 1. The van der Waals surface area contributed by atoms with Crippen molar-refractivity contribution in [3.63, 3.8) is 0 Å². The van der Waals surface area contributed by atoms with E-state index < -0.39 is 11.0 Å². The molecule has 0 radical (unpaired) electrons. The van der Waals surface area contributed by atoms with Crippen LogP contribution in [0.4, 0.5) is 21.2 Å². The number of anilines is 2. The number of urea groups is 1. The van der Waals surface area contributed by atoms with E-state index in [1.807, 2.05) is 6.07 Å². The fourth-order valence-corrected chi connectivity index (χ4v) is 3.90. The second-order valence-electron chi connectivity index (χ2n) is 4.91. The SMILES string of the molecule is O=C(Nc1ccc(Cl)cc1)Nc1ccccc1Sc1ncc([N+](=O)[O-])s1. The predicted molar refractivity (Wildman–Crippen MR) is 103 cm³/mol. The minimum absolute atomic E-state index is 0.0292. The maximum absolute atomic E-state index is 12.2. The molecule has 0 saturated heterocycles. The summed E-state index contributed by atoms with van der Waals surface area (Å²) in [7, 11) is 0. The molecule has 132 valence electrons. The van der Waals surface area contributed by atoms with Crippen molar-refractivity contribution in [3.05, 3.63) is 69.9 Å². The zero-order valence-corrected chi connectivity index (χ0v) is 15.4. The highest BCUT2D eigenvalue weighted by atomic mass is 35.5. The van der Waals surface area contributed by atoms with Gasteiger partial charge >= 0.3 is 11.0 Å². The number of carbonyl (C=O) groups is 1. The Morgan fingerprint density at radius 3 is 2.58 bits per heavy atom. The Labute approximate surface area is 161 Å². The summed E-state index contributed by atoms with van der Waals surface area (Å²) >= 11 is 8.04. The normalized spacial score (nSPS) is 10.3. The van der Waals surface area contributed by atoms with Crippen molar-refractivity contribution in [1.82, 2.24) is 4.98 Å². The summed E-state index contributed by atoms with van der Waals surface area (Å²) in [4.78, 5) is 27.2. The number of hydrogen-bond acceptors (Lipinski definition) is 6. The van der Waals surface area contributed by atoms with E-state index >= 15 is 0 Å². The van der Waals surface area contributed by atoms with E-state index in [0.29, 0.717) is 20.7 Å². The Balaban J connectivity index is 1.70. The molecule has 3 rings (SSSR count). The first-order valence-electron chi connectivity index (χ1n) is 7.22. The number of aromatic nitrogens is 1. The molecule has 0 saturated carbocycles. The maximum atomic E-state index is 12.2. The Morgan fingerprint density at radius 1 is 1.15 bits per heavy atom. The first kappa shape index (κ1) is 18.2. The lowest BCUT2D eigenvalue weighted by Crippen LogP contribution is -2.19. The van der Waals surface area contributed by atoms with Crippen molar-refractivity contribution in [2.45, 2.75) is 9.24 Å². The summed E-state index contributed by atoms with van der Waals surface area (Å²) in [5.74, 6) is 0. The van der Waals surface area contributed by atoms with Gasteiger partial charge in [-0.2, -0.15) is 0 Å². The van der Waals surface area contributed by atoms with Gasteiger partial charge < -0.3 is 10.6 Å². The highest BCUT2D eigenvalue weighted by Gasteiger charge is 2.14. The summed E-state index contributed by atoms with van der Waals surface area (Å²) in [5.41, 5.74) is 1.18. The van der Waals surface area contributed by atoms with Crippen LogP contribution in [-0.2, 0) is 0 Å². The number of carbonyl (C=O) groups excluding carboxylic acids is 1. The lowest BCUT2D eigenvalue weighted by molar-refractivity contribution is -0.380. The number of amides is 2. The van der Waals surface area contributed by atoms with Crippen LogP contribution in [0.3, 0.4) is 0 Å². The van der Waals surface area contributed by atoms with Crippen molar-refractivity contribution in [2.24, 2.45) is 0 Å². The minimum atomic E-state index is -0.481. The molecule has 0 fully saturated rings. The Bertz CT molecular complexity index is 947. The zero-order valence-electron chi connectivity index (χ0n) is 13.0. The van der Waals surface area contributed by atoms with Gasteiger partial charge in [-0.1, -0.05) is 35.5 Å². The standard InChI is InChI=1S/C16H11ClN4O3S2/c17-10-5-7-11(8-6-10)19-15(22)20-12-3-1-2-4-13(12)25-16-18-9-14(26-16)21(23)24/h1-9H,(H2,19,20,22). The highest BCUT2D eigenvalue weighted by Crippen LogP contribution is 2.37. The molecule has 0 aliphatic carbocycles. The van der Waals surface area contributed by atoms with Crippen molar-refractivity contribution < 1.29 is 9.72 Å². The fourth-order valence-electron chi connectivity index (χ4n) is 1.95. The minimum Gasteiger partial charge on any atom is -0.308 e. The topological polar surface area (TPSA) is 97.2 Å². The molecule has 0 aliphatic heterocycles. The van der Waals surface area contributed by atoms with Crippen LogP contribution in [-0.4, -0.2) is 15.9 Å². The maximum Gasteiger partial charge on any atom is 0.344 e. The molecule has 26 heavy (non-hydrogen) atoms. The first-order chi connectivity index (χ1) is 12.5. The molecule has 0 atom stereocenters. The van der Waals surface area contributed by atoms with Gasteiger partial charge in [0.2, 0.25) is 0 Å². The van der Waals surface area contributed by atoms with E-state index in [-0.39, 0.29) is 5.00 Å². The third kappa shape index (κ3) is 4.72. The van der Waals surface area contributed by atoms with Gasteiger partial charge in [-0.05, 0) is 47.7 Å². The molecule has 7 nitrogen and oxygen atoms in total. The lowest BCUT2D eigenvalue weighted by atomic mass is 10.3. The molecule has 0 aliphatic rings. The monoisotopic (exact) mass is 406 g/mol. The number of nitrogens with zero attached hydrogens (tertiary/aromatic N) is 2. The smallest absolute Gasteiger partial charge is 0.308 e. The van der Waals surface area contributed by atoms with E-state index in [9.17, 15) is 14.9 Å². The molecule has 1 aromatic heterocycles. The fraction of sp³-hybridized carbons (Fsp3) is 0. The van der Waals surface area contributed by atoms with Crippen LogP contribution in [0.15, 0.2) is 64.0 Å². The van der Waals surface area contributed by atoms with Crippen LogP contribution < -0.4 is 10.6 Å². The number of nitro groups is 1. The summed E-state index contributed by atoms with van der Waals surface area (Å²) in [5, 5.41) is 16.8. The second-order valence-corrected chi connectivity index (χ2v) is 7.64. The third-order valence-corrected chi connectivity index (χ3v) is 5.44. The Kier molecular flexibility index (Phi) is 5.71. The Morgan fingerprint density at radius 2 is 1.88 bits per heavy atom. The van der Waals surface area contributed by atoms with Crippen LogP contribution in [0, 0.1) is 10.1 Å². The summed E-state index contributed by atoms with van der Waals surface area (Å²) < 4.78 is 0.518. The average Bonchev–Trinajstić information content (AvgIpc) is 3.08. The summed E-state index contributed by atoms with van der Waals surface area (Å²) in [6, 6.07) is 13.5. The predicted octanol–water partition coefficient (Wildman–Crippen LogP) is 5.50. The lowest BCUT2D eigenvalue weighted by Gasteiger charge is -2.11. The molecule has 0 bridgehead atoms. The molecule has 0 spiro atoms. The van der Waals surface area contributed by atoms with E-state index in [1.165, 1.54) is 18.0 Å². The quantitative estimate of drug-likeness (QED) is 0.430. The molecule has 1 heterocycles. The highest BCUT2D eigenvalue weighted by molar-refractivity contribution is 8.01. The van der Waals surface area contributed by atoms with E-state index in [1.54, 1.807) is 42.5 Å². The van der Waals surface area contributed by atoms with Crippen molar-refractivity contribution >= 4 is 57.1 Å². The van der Waals surface area contributed by atoms with Crippen LogP contribution in [0.5, 0.6) is 0 Å². The van der Waals surface area contributed by atoms with Gasteiger partial charge in [0.15, 0.2) is 4.34 Å². The van der Waals surface area contributed by atoms with Crippen LogP contribution in [0.2, 0.25) is 5.02 Å². The number of hydrogen-bond donors (Lipinski definition) is 2. The summed E-state index contributed by atoms with van der Waals surface area (Å²) in [6.07, 6.45) is 1.22. The van der Waals surface area contributed by atoms with Crippen molar-refractivity contribution in [1.29, 1.82) is 0 Å². The van der Waals surface area contributed by atoms with Gasteiger partial charge in [0.05, 0.1) is 10.6 Å². The van der Waals surface area contributed by atoms with E-state index in [2.05, 4.69) is 15.6 Å². The third-order valence-electron chi connectivity index (χ3n) is 3.09. The van der Waals surface area contributed by atoms with E-state index in [4.69, 9.17) is 11.6 Å².